The maximum atomic E-state index is 11.2. The number of ether oxygens (including phenoxy) is 1. The topological polar surface area (TPSA) is 26.3 Å². The number of hydrogen-bond donors (Lipinski definition) is 0. The summed E-state index contributed by atoms with van der Waals surface area (Å²) in [6.45, 7) is 4.92. The highest BCUT2D eigenvalue weighted by molar-refractivity contribution is 5.95. The molecule has 0 aliphatic carbocycles. The van der Waals surface area contributed by atoms with Crippen molar-refractivity contribution in [2.24, 2.45) is 0 Å². The van der Waals surface area contributed by atoms with Gasteiger partial charge in [0.25, 0.3) is 0 Å². The number of ketones is 1. The van der Waals surface area contributed by atoms with Gasteiger partial charge in [0.2, 0.25) is 0 Å². The minimum atomic E-state index is 0.0979. The summed E-state index contributed by atoms with van der Waals surface area (Å²) in [5.41, 5.74) is 1.75. The Bertz CT molecular complexity index is 305. The normalized spacial score (nSPS) is 10.1. The molecule has 0 fully saturated rings. The van der Waals surface area contributed by atoms with Crippen molar-refractivity contribution in [1.29, 1.82) is 0 Å². The van der Waals surface area contributed by atoms with Gasteiger partial charge in [0.1, 0.15) is 0 Å². The number of carbonyl (C=O) groups excluding carboxylic acids is 1. The predicted molar refractivity (Wildman–Crippen MR) is 56.4 cm³/mol. The molecule has 14 heavy (non-hydrogen) atoms. The molecule has 0 atom stereocenters. The molecule has 2 heteroatoms. The zero-order valence-electron chi connectivity index (χ0n) is 8.75. The van der Waals surface area contributed by atoms with Gasteiger partial charge in [-0.3, -0.25) is 4.79 Å². The number of rotatable bonds is 5. The van der Waals surface area contributed by atoms with Crippen molar-refractivity contribution in [3.63, 3.8) is 0 Å². The highest BCUT2D eigenvalue weighted by Crippen LogP contribution is 2.10. The number of hydrogen-bond acceptors (Lipinski definition) is 2. The van der Waals surface area contributed by atoms with Crippen LogP contribution < -0.4 is 0 Å². The van der Waals surface area contributed by atoms with Crippen LogP contribution in [0, 0.1) is 0 Å². The third kappa shape index (κ3) is 2.96. The summed E-state index contributed by atoms with van der Waals surface area (Å²) in [6, 6.07) is 7.58. The Morgan fingerprint density at radius 3 is 2.71 bits per heavy atom. The van der Waals surface area contributed by atoms with Gasteiger partial charge in [-0.1, -0.05) is 31.2 Å². The fourth-order valence-corrected chi connectivity index (χ4v) is 1.32. The lowest BCUT2D eigenvalue weighted by atomic mass is 10.1. The fourth-order valence-electron chi connectivity index (χ4n) is 1.32. The van der Waals surface area contributed by atoms with E-state index >= 15 is 0 Å². The first-order valence-corrected chi connectivity index (χ1v) is 4.92. The molecule has 0 amide bonds. The molecule has 0 radical (unpaired) electrons. The second-order valence-electron chi connectivity index (χ2n) is 3.27. The summed E-state index contributed by atoms with van der Waals surface area (Å²) in [5.74, 6) is 0.0979. The van der Waals surface area contributed by atoms with Crippen LogP contribution in [-0.4, -0.2) is 12.4 Å². The van der Waals surface area contributed by atoms with Crippen LogP contribution in [-0.2, 0) is 11.3 Å². The predicted octanol–water partition coefficient (Wildman–Crippen LogP) is 2.82. The first kappa shape index (κ1) is 10.9. The molecule has 1 aromatic rings. The van der Waals surface area contributed by atoms with Gasteiger partial charge >= 0.3 is 0 Å². The molecule has 1 aromatic carbocycles. The number of benzene rings is 1. The summed E-state index contributed by atoms with van der Waals surface area (Å²) < 4.78 is 5.41. The highest BCUT2D eigenvalue weighted by atomic mass is 16.5. The Hall–Kier alpha value is -1.15. The van der Waals surface area contributed by atoms with Crippen LogP contribution in [0.15, 0.2) is 24.3 Å². The van der Waals surface area contributed by atoms with E-state index in [0.717, 1.165) is 24.2 Å². The Kier molecular flexibility index (Phi) is 4.33. The molecule has 0 aliphatic heterocycles. The monoisotopic (exact) mass is 192 g/mol. The summed E-state index contributed by atoms with van der Waals surface area (Å²) in [7, 11) is 0. The van der Waals surface area contributed by atoms with E-state index in [1.807, 2.05) is 24.3 Å². The van der Waals surface area contributed by atoms with E-state index < -0.39 is 0 Å². The Morgan fingerprint density at radius 1 is 1.36 bits per heavy atom. The third-order valence-corrected chi connectivity index (χ3v) is 2.00. The Morgan fingerprint density at radius 2 is 2.07 bits per heavy atom. The largest absolute Gasteiger partial charge is 0.377 e. The summed E-state index contributed by atoms with van der Waals surface area (Å²) in [5, 5.41) is 0. The minimum Gasteiger partial charge on any atom is -0.377 e. The van der Waals surface area contributed by atoms with Crippen LogP contribution >= 0.6 is 0 Å². The first-order chi connectivity index (χ1) is 6.75. The zero-order chi connectivity index (χ0) is 10.4. The van der Waals surface area contributed by atoms with Gasteiger partial charge in [-0.15, -0.1) is 0 Å². The SMILES string of the molecule is CCCOCc1ccccc1C(C)=O. The zero-order valence-corrected chi connectivity index (χ0v) is 8.75. The molecular weight excluding hydrogens is 176 g/mol. The van der Waals surface area contributed by atoms with Crippen LogP contribution in [0.5, 0.6) is 0 Å². The molecule has 0 spiro atoms. The smallest absolute Gasteiger partial charge is 0.160 e. The minimum absolute atomic E-state index is 0.0979. The molecule has 0 bridgehead atoms. The highest BCUT2D eigenvalue weighted by Gasteiger charge is 2.05. The van der Waals surface area contributed by atoms with Crippen molar-refractivity contribution in [2.75, 3.05) is 6.61 Å². The maximum Gasteiger partial charge on any atom is 0.160 e. The Labute approximate surface area is 84.9 Å². The van der Waals surface area contributed by atoms with Crippen LogP contribution in [0.4, 0.5) is 0 Å². The van der Waals surface area contributed by atoms with Crippen LogP contribution in [0.2, 0.25) is 0 Å². The van der Waals surface area contributed by atoms with Gasteiger partial charge in [-0.25, -0.2) is 0 Å². The van der Waals surface area contributed by atoms with E-state index in [1.165, 1.54) is 0 Å². The standard InChI is InChI=1S/C12H16O2/c1-3-8-14-9-11-6-4-5-7-12(11)10(2)13/h4-7H,3,8-9H2,1-2H3. The second kappa shape index (κ2) is 5.55. The van der Waals surface area contributed by atoms with Crippen molar-refractivity contribution in [2.45, 2.75) is 26.9 Å². The molecule has 0 saturated carbocycles. The quantitative estimate of drug-likeness (QED) is 0.529. The van der Waals surface area contributed by atoms with Crippen LogP contribution in [0.1, 0.15) is 36.2 Å². The van der Waals surface area contributed by atoms with Crippen molar-refractivity contribution < 1.29 is 9.53 Å². The molecule has 0 heterocycles. The van der Waals surface area contributed by atoms with Crippen LogP contribution in [0.3, 0.4) is 0 Å². The van der Waals surface area contributed by atoms with E-state index in [9.17, 15) is 4.79 Å². The van der Waals surface area contributed by atoms with E-state index in [4.69, 9.17) is 4.74 Å². The summed E-state index contributed by atoms with van der Waals surface area (Å²) in [4.78, 5) is 11.2. The number of carbonyl (C=O) groups is 1. The molecule has 2 nitrogen and oxygen atoms in total. The van der Waals surface area contributed by atoms with E-state index in [2.05, 4.69) is 6.92 Å². The molecule has 0 saturated heterocycles. The molecule has 0 unspecified atom stereocenters. The van der Waals surface area contributed by atoms with Crippen LogP contribution in [0.25, 0.3) is 0 Å². The summed E-state index contributed by atoms with van der Waals surface area (Å²) in [6.07, 6.45) is 1.00. The molecule has 1 rings (SSSR count). The lowest BCUT2D eigenvalue weighted by molar-refractivity contribution is 0.0997. The van der Waals surface area contributed by atoms with E-state index in [1.54, 1.807) is 6.92 Å². The van der Waals surface area contributed by atoms with Gasteiger partial charge in [-0.2, -0.15) is 0 Å². The number of Topliss-reactive ketones (excluding diaryl/α,β-unsaturated/α-hetero) is 1. The average molecular weight is 192 g/mol. The van der Waals surface area contributed by atoms with Crippen molar-refractivity contribution in [3.05, 3.63) is 35.4 Å². The fraction of sp³-hybridized carbons (Fsp3) is 0.417. The lowest BCUT2D eigenvalue weighted by Gasteiger charge is -2.06. The van der Waals surface area contributed by atoms with Crippen molar-refractivity contribution in [3.8, 4) is 0 Å². The van der Waals surface area contributed by atoms with Gasteiger partial charge < -0.3 is 4.74 Å². The molecule has 76 valence electrons. The molecule has 0 aromatic heterocycles. The molecule has 0 aliphatic rings. The summed E-state index contributed by atoms with van der Waals surface area (Å²) >= 11 is 0. The van der Waals surface area contributed by atoms with E-state index in [-0.39, 0.29) is 5.78 Å². The molecule has 0 N–H and O–H groups in total. The van der Waals surface area contributed by atoms with Gasteiger partial charge in [0.05, 0.1) is 6.61 Å². The Balaban J connectivity index is 2.69. The molecular formula is C12H16O2. The average Bonchev–Trinajstić information content (AvgIpc) is 2.19. The van der Waals surface area contributed by atoms with Crippen molar-refractivity contribution >= 4 is 5.78 Å². The first-order valence-electron chi connectivity index (χ1n) is 4.92. The van der Waals surface area contributed by atoms with Gasteiger partial charge in [0.15, 0.2) is 5.78 Å². The third-order valence-electron chi connectivity index (χ3n) is 2.00. The van der Waals surface area contributed by atoms with Gasteiger partial charge in [-0.05, 0) is 18.9 Å². The second-order valence-corrected chi connectivity index (χ2v) is 3.27. The van der Waals surface area contributed by atoms with E-state index in [0.29, 0.717) is 6.61 Å². The van der Waals surface area contributed by atoms with Gasteiger partial charge in [0, 0.05) is 12.2 Å². The van der Waals surface area contributed by atoms with Crippen molar-refractivity contribution in [1.82, 2.24) is 0 Å². The maximum absolute atomic E-state index is 11.2. The lowest BCUT2D eigenvalue weighted by Crippen LogP contribution is -2.02.